The van der Waals surface area contributed by atoms with Crippen molar-refractivity contribution in [3.8, 4) is 0 Å². The third-order valence-electron chi connectivity index (χ3n) is 3.62. The predicted molar refractivity (Wildman–Crippen MR) is 70.2 cm³/mol. The molecule has 100 valence electrons. The van der Waals surface area contributed by atoms with E-state index < -0.39 is 0 Å². The van der Waals surface area contributed by atoms with Crippen LogP contribution in [0.3, 0.4) is 0 Å². The van der Waals surface area contributed by atoms with Crippen LogP contribution in [0, 0.1) is 10.4 Å². The molecule has 1 aliphatic carbocycles. The van der Waals surface area contributed by atoms with E-state index in [1.165, 1.54) is 6.42 Å². The fraction of sp³-hybridized carbons (Fsp3) is 0.462. The van der Waals surface area contributed by atoms with Gasteiger partial charge in [-0.25, -0.2) is 4.73 Å². The SMILES string of the molecule is [O-][n+]1nc(NC2CCCCC2)[n+]([O-])c2ccccc21. The normalized spacial score (nSPS) is 16.6. The van der Waals surface area contributed by atoms with Crippen LogP contribution in [0.1, 0.15) is 32.1 Å². The fourth-order valence-corrected chi connectivity index (χ4v) is 2.61. The zero-order valence-corrected chi connectivity index (χ0v) is 10.6. The summed E-state index contributed by atoms with van der Waals surface area (Å²) in [5.74, 6) is 0.0978. The van der Waals surface area contributed by atoms with E-state index in [0.29, 0.717) is 15.1 Å². The number of aromatic nitrogens is 3. The first-order valence-corrected chi connectivity index (χ1v) is 6.64. The molecular weight excluding hydrogens is 244 g/mol. The van der Waals surface area contributed by atoms with E-state index >= 15 is 0 Å². The minimum absolute atomic E-state index is 0.0978. The highest BCUT2D eigenvalue weighted by molar-refractivity contribution is 5.67. The molecule has 19 heavy (non-hydrogen) atoms. The molecule has 1 N–H and O–H groups in total. The maximum absolute atomic E-state index is 12.2. The van der Waals surface area contributed by atoms with Crippen LogP contribution >= 0.6 is 0 Å². The van der Waals surface area contributed by atoms with Crippen LogP contribution in [-0.2, 0) is 0 Å². The van der Waals surface area contributed by atoms with E-state index in [0.717, 1.165) is 25.7 Å². The molecule has 6 nitrogen and oxygen atoms in total. The van der Waals surface area contributed by atoms with Gasteiger partial charge in [0.25, 0.3) is 5.52 Å². The minimum Gasteiger partial charge on any atom is -0.739 e. The number of hydrogen-bond donors (Lipinski definition) is 1. The van der Waals surface area contributed by atoms with Crippen LogP contribution in [-0.4, -0.2) is 11.1 Å². The molecule has 0 aliphatic heterocycles. The molecule has 0 spiro atoms. The van der Waals surface area contributed by atoms with Crippen molar-refractivity contribution in [1.82, 2.24) is 5.10 Å². The lowest BCUT2D eigenvalue weighted by Gasteiger charge is -2.20. The van der Waals surface area contributed by atoms with Crippen molar-refractivity contribution >= 4 is 17.0 Å². The lowest BCUT2D eigenvalue weighted by molar-refractivity contribution is -0.672. The van der Waals surface area contributed by atoms with Gasteiger partial charge >= 0.3 is 5.95 Å². The van der Waals surface area contributed by atoms with Crippen LogP contribution in [0.4, 0.5) is 5.95 Å². The third kappa shape index (κ3) is 2.25. The first-order chi connectivity index (χ1) is 9.25. The summed E-state index contributed by atoms with van der Waals surface area (Å²) in [5, 5.41) is 30.9. The average molecular weight is 260 g/mol. The number of rotatable bonds is 2. The van der Waals surface area contributed by atoms with Crippen LogP contribution in [0.5, 0.6) is 0 Å². The van der Waals surface area contributed by atoms with Gasteiger partial charge in [0.1, 0.15) is 0 Å². The van der Waals surface area contributed by atoms with Crippen molar-refractivity contribution in [2.75, 3.05) is 5.32 Å². The molecule has 0 unspecified atom stereocenters. The summed E-state index contributed by atoms with van der Waals surface area (Å²) in [7, 11) is 0. The molecule has 1 aromatic heterocycles. The van der Waals surface area contributed by atoms with E-state index in [1.807, 2.05) is 0 Å². The number of fused-ring (bicyclic) bond motifs is 1. The Bertz CT molecular complexity index is 596. The van der Waals surface area contributed by atoms with Gasteiger partial charge in [0.15, 0.2) is 5.52 Å². The Morgan fingerprint density at radius 3 is 2.47 bits per heavy atom. The summed E-state index contributed by atoms with van der Waals surface area (Å²) in [6.45, 7) is 0. The summed E-state index contributed by atoms with van der Waals surface area (Å²) in [5.41, 5.74) is 0.623. The second-order valence-electron chi connectivity index (χ2n) is 4.96. The van der Waals surface area contributed by atoms with Crippen LogP contribution in [0.2, 0.25) is 0 Å². The number of nitrogens with zero attached hydrogens (tertiary/aromatic N) is 3. The number of nitrogens with one attached hydrogen (secondary N) is 1. The molecule has 1 heterocycles. The van der Waals surface area contributed by atoms with Gasteiger partial charge in [-0.1, -0.05) is 31.4 Å². The molecule has 3 rings (SSSR count). The minimum atomic E-state index is 0.0978. The van der Waals surface area contributed by atoms with E-state index in [-0.39, 0.29) is 17.5 Å². The zero-order valence-electron chi connectivity index (χ0n) is 10.6. The van der Waals surface area contributed by atoms with Crippen LogP contribution in [0.15, 0.2) is 24.3 Å². The first-order valence-electron chi connectivity index (χ1n) is 6.64. The fourth-order valence-electron chi connectivity index (χ4n) is 2.61. The maximum atomic E-state index is 12.2. The van der Waals surface area contributed by atoms with Gasteiger partial charge in [0.05, 0.1) is 6.04 Å². The Kier molecular flexibility index (Phi) is 3.06. The second-order valence-corrected chi connectivity index (χ2v) is 4.96. The Morgan fingerprint density at radius 2 is 1.74 bits per heavy atom. The quantitative estimate of drug-likeness (QED) is 0.651. The molecule has 0 amide bonds. The van der Waals surface area contributed by atoms with Crippen molar-refractivity contribution < 1.29 is 9.58 Å². The van der Waals surface area contributed by atoms with Gasteiger partial charge in [0.2, 0.25) is 5.10 Å². The first kappa shape index (κ1) is 12.0. The molecule has 1 aromatic carbocycles. The Morgan fingerprint density at radius 1 is 1.05 bits per heavy atom. The summed E-state index contributed by atoms with van der Waals surface area (Å²) in [6, 6.07) is 6.91. The smallest absolute Gasteiger partial charge is 0.461 e. The Balaban J connectivity index is 1.97. The second kappa shape index (κ2) is 4.87. The summed E-state index contributed by atoms with van der Waals surface area (Å²) in [6.07, 6.45) is 5.59. The van der Waals surface area contributed by atoms with Crippen LogP contribution in [0.25, 0.3) is 11.0 Å². The van der Waals surface area contributed by atoms with Crippen molar-refractivity contribution in [3.63, 3.8) is 0 Å². The number of anilines is 1. The highest BCUT2D eigenvalue weighted by Crippen LogP contribution is 2.19. The van der Waals surface area contributed by atoms with Gasteiger partial charge in [-0.3, -0.25) is 5.32 Å². The maximum Gasteiger partial charge on any atom is 0.461 e. The van der Waals surface area contributed by atoms with Gasteiger partial charge < -0.3 is 10.4 Å². The van der Waals surface area contributed by atoms with E-state index in [4.69, 9.17) is 0 Å². The van der Waals surface area contributed by atoms with Gasteiger partial charge in [-0.15, -0.1) is 0 Å². The standard InChI is InChI=1S/C13H16N4O2/c18-16-11-8-4-5-9-12(11)17(19)15-13(16)14-10-6-2-1-3-7-10/h4-5,8-10H,1-3,6-7H2,(H,14,15). The zero-order chi connectivity index (χ0) is 13.2. The molecule has 6 heteroatoms. The van der Waals surface area contributed by atoms with Gasteiger partial charge in [-0.2, -0.15) is 0 Å². The van der Waals surface area contributed by atoms with E-state index in [1.54, 1.807) is 24.3 Å². The van der Waals surface area contributed by atoms with Crippen molar-refractivity contribution in [3.05, 3.63) is 34.7 Å². The van der Waals surface area contributed by atoms with Crippen molar-refractivity contribution in [2.24, 2.45) is 0 Å². The molecule has 1 saturated carbocycles. The molecule has 2 aromatic rings. The van der Waals surface area contributed by atoms with Gasteiger partial charge in [-0.05, 0) is 18.9 Å². The van der Waals surface area contributed by atoms with Crippen molar-refractivity contribution in [1.29, 1.82) is 0 Å². The molecule has 0 atom stereocenters. The van der Waals surface area contributed by atoms with E-state index in [2.05, 4.69) is 10.4 Å². The number of para-hydroxylation sites is 2. The topological polar surface area (TPSA) is 78.8 Å². The summed E-state index contributed by atoms with van der Waals surface area (Å²) >= 11 is 0. The highest BCUT2D eigenvalue weighted by Gasteiger charge is 2.24. The largest absolute Gasteiger partial charge is 0.739 e. The molecule has 1 fully saturated rings. The average Bonchev–Trinajstić information content (AvgIpc) is 2.46. The third-order valence-corrected chi connectivity index (χ3v) is 3.62. The Hall–Kier alpha value is -2.11. The van der Waals surface area contributed by atoms with Gasteiger partial charge in [0, 0.05) is 10.9 Å². The van der Waals surface area contributed by atoms with Crippen molar-refractivity contribution in [2.45, 2.75) is 38.1 Å². The summed E-state index contributed by atoms with van der Waals surface area (Å²) < 4.78 is 0.707. The molecule has 0 saturated heterocycles. The monoisotopic (exact) mass is 260 g/mol. The predicted octanol–water partition coefficient (Wildman–Crippen LogP) is 1.25. The molecular formula is C13H16N4O2. The Labute approximate surface area is 110 Å². The van der Waals surface area contributed by atoms with E-state index in [9.17, 15) is 10.4 Å². The lowest BCUT2D eigenvalue weighted by atomic mass is 9.96. The van der Waals surface area contributed by atoms with Crippen LogP contribution < -0.4 is 14.9 Å². The highest BCUT2D eigenvalue weighted by atomic mass is 16.5. The number of benzene rings is 1. The number of hydrogen-bond acceptors (Lipinski definition) is 4. The molecule has 0 bridgehead atoms. The summed E-state index contributed by atoms with van der Waals surface area (Å²) in [4.78, 5) is 0.509. The molecule has 1 aliphatic rings. The lowest BCUT2D eigenvalue weighted by Crippen LogP contribution is -2.45. The molecule has 0 radical (unpaired) electrons.